The molecule has 16 unspecified atom stereocenters. The molecule has 0 aromatic heterocycles. The molecule has 6 heteroatoms. The average Bonchev–Trinajstić information content (AvgIpc) is 3.25. The third kappa shape index (κ3) is 6.67. The Bertz CT molecular complexity index is 1620. The van der Waals surface area contributed by atoms with E-state index in [1.807, 2.05) is 0 Å². The van der Waals surface area contributed by atoms with Crippen LogP contribution in [0.4, 0.5) is 22.7 Å². The van der Waals surface area contributed by atoms with Crippen LogP contribution in [0.3, 0.4) is 0 Å². The van der Waals surface area contributed by atoms with Gasteiger partial charge in [0.15, 0.2) is 0 Å². The van der Waals surface area contributed by atoms with Gasteiger partial charge in [-0.2, -0.15) is 47.0 Å². The molecule has 2 heterocycles. The summed E-state index contributed by atoms with van der Waals surface area (Å²) in [5, 5.41) is 4.32. The Morgan fingerprint density at radius 1 is 0.268 bits per heavy atom. The summed E-state index contributed by atoms with van der Waals surface area (Å²) in [7, 11) is 0. The van der Waals surface area contributed by atoms with E-state index in [-0.39, 0.29) is 0 Å². The topological polar surface area (TPSA) is 6.48 Å². The third-order valence-corrected chi connectivity index (χ3v) is 24.1. The number of nitrogens with zero attached hydrogens (tertiary/aromatic N) is 2. The van der Waals surface area contributed by atoms with Gasteiger partial charge in [0.05, 0.1) is 12.1 Å². The van der Waals surface area contributed by atoms with Gasteiger partial charge in [0.25, 0.3) is 0 Å². The van der Waals surface area contributed by atoms with Crippen molar-refractivity contribution >= 4 is 69.8 Å². The Morgan fingerprint density at radius 2 is 0.464 bits per heavy atom. The maximum absolute atomic E-state index is 2.84. The maximum atomic E-state index is 2.84. The normalized spacial score (nSPS) is 41.6. The van der Waals surface area contributed by atoms with Crippen molar-refractivity contribution in [2.24, 2.45) is 47.3 Å². The summed E-state index contributed by atoms with van der Waals surface area (Å²) in [5.41, 5.74) is 5.34. The van der Waals surface area contributed by atoms with E-state index in [0.29, 0.717) is 77.8 Å². The van der Waals surface area contributed by atoms with Gasteiger partial charge in [0, 0.05) is 64.7 Å². The van der Waals surface area contributed by atoms with Gasteiger partial charge in [0.2, 0.25) is 0 Å². The highest BCUT2D eigenvalue weighted by molar-refractivity contribution is 8.09. The molecule has 296 valence electrons. The van der Waals surface area contributed by atoms with Crippen LogP contribution < -0.4 is 9.80 Å². The van der Waals surface area contributed by atoms with Crippen molar-refractivity contribution in [3.8, 4) is 0 Å². The van der Waals surface area contributed by atoms with Crippen molar-refractivity contribution in [1.29, 1.82) is 0 Å². The number of thioether (sulfide) groups is 4. The Balaban J connectivity index is 1.28. The molecular weight excluding hydrogens is 757 g/mol. The van der Waals surface area contributed by atoms with Crippen LogP contribution in [-0.4, -0.2) is 54.1 Å². The van der Waals surface area contributed by atoms with Crippen LogP contribution in [0, 0.1) is 47.3 Å². The van der Waals surface area contributed by atoms with E-state index in [4.69, 9.17) is 0 Å². The lowest BCUT2D eigenvalue weighted by Crippen LogP contribution is -2.72. The molecule has 0 amide bonds. The first kappa shape index (κ1) is 39.3. The molecule has 3 aliphatic carbocycles. The highest BCUT2D eigenvalue weighted by atomic mass is 32.2. The fraction of sp³-hybridized carbons (Fsp3) is 0.520. The molecule has 56 heavy (non-hydrogen) atoms. The van der Waals surface area contributed by atoms with E-state index >= 15 is 0 Å². The monoisotopic (exact) mass is 818 g/mol. The second kappa shape index (κ2) is 16.1. The predicted molar refractivity (Wildman–Crippen MR) is 252 cm³/mol. The molecule has 5 aliphatic rings. The number of fused-ring (bicyclic) bond motifs is 4. The molecule has 0 radical (unpaired) electrons. The van der Waals surface area contributed by atoms with Crippen LogP contribution in [0.25, 0.3) is 0 Å². The number of para-hydroxylation sites is 4. The number of hydrogen-bond donors (Lipinski definition) is 0. The summed E-state index contributed by atoms with van der Waals surface area (Å²) in [6.07, 6.45) is 0. The van der Waals surface area contributed by atoms with Crippen molar-refractivity contribution < 1.29 is 0 Å². The minimum absolute atomic E-state index is 0.339. The Hall–Kier alpha value is -2.12. The Morgan fingerprint density at radius 3 is 0.661 bits per heavy atom. The van der Waals surface area contributed by atoms with Crippen molar-refractivity contribution in [3.05, 3.63) is 121 Å². The van der Waals surface area contributed by atoms with Crippen LogP contribution >= 0.6 is 47.0 Å². The maximum Gasteiger partial charge on any atom is 0.0602 e. The number of rotatable bonds is 6. The van der Waals surface area contributed by atoms with E-state index in [1.54, 1.807) is 0 Å². The molecule has 2 aliphatic heterocycles. The van der Waals surface area contributed by atoms with Crippen LogP contribution in [0.1, 0.15) is 55.4 Å². The van der Waals surface area contributed by atoms with E-state index in [2.05, 4.69) is 234 Å². The van der Waals surface area contributed by atoms with Crippen molar-refractivity contribution in [2.75, 3.05) is 9.80 Å². The quantitative estimate of drug-likeness (QED) is 0.190. The van der Waals surface area contributed by atoms with Gasteiger partial charge < -0.3 is 9.80 Å². The smallest absolute Gasteiger partial charge is 0.0602 e. The zero-order chi connectivity index (χ0) is 38.8. The molecule has 0 bridgehead atoms. The molecule has 16 atom stereocenters. The first-order valence-corrected chi connectivity index (χ1v) is 25.3. The number of anilines is 4. The Kier molecular flexibility index (Phi) is 11.3. The Labute approximate surface area is 355 Å². The minimum atomic E-state index is 0.339. The molecule has 0 N–H and O–H groups in total. The standard InChI is InChI=1S/C50H62N2S4/c1-29-30(2)34(6)44-43(33(29)5)53-47-41(51(37-21-13-9-14-22-37)38-23-15-10-16-24-38)49-50(56-46-36(8)32(4)31(3)35(7)45(46)55-49)42(48(47)54-44)52(39-25-17-11-18-26-39)40-27-19-12-20-28-40/h9-36,41-50H,1-8H3. The largest absolute Gasteiger partial charge is 0.336 e. The summed E-state index contributed by atoms with van der Waals surface area (Å²) in [6, 6.07) is 46.7. The minimum Gasteiger partial charge on any atom is -0.336 e. The number of benzene rings is 4. The van der Waals surface area contributed by atoms with Crippen LogP contribution in [0.15, 0.2) is 121 Å². The second-order valence-corrected chi connectivity index (χ2v) is 23.6. The molecular formula is C50H62N2S4. The third-order valence-electron chi connectivity index (χ3n) is 15.7. The summed E-state index contributed by atoms with van der Waals surface area (Å²) in [6.45, 7) is 20.7. The summed E-state index contributed by atoms with van der Waals surface area (Å²) in [4.78, 5) is 5.68. The van der Waals surface area contributed by atoms with Gasteiger partial charge >= 0.3 is 0 Å². The zero-order valence-corrected chi connectivity index (χ0v) is 37.7. The van der Waals surface area contributed by atoms with Crippen LogP contribution in [0.2, 0.25) is 0 Å². The molecule has 0 spiro atoms. The molecule has 4 aromatic carbocycles. The van der Waals surface area contributed by atoms with Gasteiger partial charge in [-0.25, -0.2) is 0 Å². The van der Waals surface area contributed by atoms with Gasteiger partial charge in [0.1, 0.15) is 0 Å². The lowest BCUT2D eigenvalue weighted by atomic mass is 9.68. The highest BCUT2D eigenvalue weighted by Crippen LogP contribution is 2.65. The second-order valence-electron chi connectivity index (χ2n) is 18.2. The van der Waals surface area contributed by atoms with E-state index in [1.165, 1.54) is 22.7 Å². The molecule has 4 aromatic rings. The fourth-order valence-corrected chi connectivity index (χ4v) is 21.4. The van der Waals surface area contributed by atoms with Crippen molar-refractivity contribution in [3.63, 3.8) is 0 Å². The molecule has 2 nitrogen and oxygen atoms in total. The zero-order valence-electron chi connectivity index (χ0n) is 34.5. The first-order chi connectivity index (χ1) is 27.2. The van der Waals surface area contributed by atoms with Crippen LogP contribution in [0.5, 0.6) is 0 Å². The average molecular weight is 819 g/mol. The van der Waals surface area contributed by atoms with Crippen molar-refractivity contribution in [2.45, 2.75) is 109 Å². The van der Waals surface area contributed by atoms with Crippen molar-refractivity contribution in [1.82, 2.24) is 0 Å². The van der Waals surface area contributed by atoms with Gasteiger partial charge in [-0.1, -0.05) is 128 Å². The number of hydrogen-bond acceptors (Lipinski definition) is 6. The van der Waals surface area contributed by atoms with E-state index < -0.39 is 0 Å². The lowest BCUT2D eigenvalue weighted by Gasteiger charge is -2.65. The van der Waals surface area contributed by atoms with Crippen LogP contribution in [-0.2, 0) is 0 Å². The predicted octanol–water partition coefficient (Wildman–Crippen LogP) is 13.4. The summed E-state index contributed by atoms with van der Waals surface area (Å²) < 4.78 is 0. The first-order valence-electron chi connectivity index (χ1n) is 21.6. The van der Waals surface area contributed by atoms with Gasteiger partial charge in [-0.15, -0.1) is 0 Å². The van der Waals surface area contributed by atoms with E-state index in [0.717, 1.165) is 23.7 Å². The summed E-state index contributed by atoms with van der Waals surface area (Å²) in [5.74, 6) is 5.62. The molecule has 5 fully saturated rings. The summed E-state index contributed by atoms with van der Waals surface area (Å²) >= 11 is 9.72. The highest BCUT2D eigenvalue weighted by Gasteiger charge is 2.64. The molecule has 2 saturated heterocycles. The van der Waals surface area contributed by atoms with E-state index in [9.17, 15) is 0 Å². The lowest BCUT2D eigenvalue weighted by molar-refractivity contribution is 0.146. The van der Waals surface area contributed by atoms with Gasteiger partial charge in [-0.05, 0) is 95.9 Å². The SMILES string of the molecule is CC1C(C)C(C)C2SC3C(SC2C1C)C(N(c1ccccc1)c1ccccc1)C1SC2C(C)C(C)C(C)C(C)C2SC1C3N(c1ccccc1)c1ccccc1. The molecule has 3 saturated carbocycles. The fourth-order valence-electron chi connectivity index (χ4n) is 11.6. The molecule has 9 rings (SSSR count). The van der Waals surface area contributed by atoms with Gasteiger partial charge in [-0.3, -0.25) is 0 Å².